The molecule has 3 fully saturated rings. The molecule has 4 nitrogen and oxygen atoms in total. The first-order valence-electron chi connectivity index (χ1n) is 10.6. The van der Waals surface area contributed by atoms with Crippen LogP contribution in [0.4, 0.5) is 0 Å². The highest BCUT2D eigenvalue weighted by atomic mass is 16.7. The van der Waals surface area contributed by atoms with Crippen LogP contribution in [0.1, 0.15) is 72.6 Å². The van der Waals surface area contributed by atoms with Gasteiger partial charge in [0.15, 0.2) is 5.79 Å². The smallest absolute Gasteiger partial charge is 0.168 e. The molecule has 3 rings (SSSR count). The van der Waals surface area contributed by atoms with E-state index in [0.717, 1.165) is 64.4 Å². The summed E-state index contributed by atoms with van der Waals surface area (Å²) in [4.78, 5) is 2.53. The second-order valence-corrected chi connectivity index (χ2v) is 9.07. The third-order valence-corrected chi connectivity index (χ3v) is 7.12. The average Bonchev–Trinajstić information content (AvgIpc) is 3.03. The number of rotatable bonds is 6. The molecule has 0 radical (unpaired) electrons. The summed E-state index contributed by atoms with van der Waals surface area (Å²) in [6.07, 6.45) is 8.79. The summed E-state index contributed by atoms with van der Waals surface area (Å²) in [6.45, 7) is 14.3. The highest BCUT2D eigenvalue weighted by Crippen LogP contribution is 2.47. The Balaban J connectivity index is 1.42. The number of morpholine rings is 1. The quantitative estimate of drug-likeness (QED) is 0.715. The van der Waals surface area contributed by atoms with Crippen LogP contribution in [0.5, 0.6) is 0 Å². The lowest BCUT2D eigenvalue weighted by Crippen LogP contribution is -2.43. The average molecular weight is 354 g/mol. The predicted molar refractivity (Wildman–Crippen MR) is 101 cm³/mol. The van der Waals surface area contributed by atoms with Gasteiger partial charge >= 0.3 is 0 Å². The van der Waals surface area contributed by atoms with Crippen molar-refractivity contribution in [1.29, 1.82) is 0 Å². The van der Waals surface area contributed by atoms with Gasteiger partial charge in [0.25, 0.3) is 0 Å². The van der Waals surface area contributed by atoms with Crippen LogP contribution in [-0.2, 0) is 14.2 Å². The van der Waals surface area contributed by atoms with E-state index in [2.05, 4.69) is 32.6 Å². The van der Waals surface area contributed by atoms with E-state index in [1.807, 2.05) is 0 Å². The lowest BCUT2D eigenvalue weighted by molar-refractivity contribution is -0.197. The summed E-state index contributed by atoms with van der Waals surface area (Å²) in [5.41, 5.74) is 0.450. The zero-order chi connectivity index (χ0) is 17.9. The topological polar surface area (TPSA) is 30.9 Å². The molecule has 1 saturated carbocycles. The van der Waals surface area contributed by atoms with Crippen LogP contribution < -0.4 is 0 Å². The number of nitrogens with zero attached hydrogens (tertiary/aromatic N) is 1. The molecular weight excluding hydrogens is 314 g/mol. The fourth-order valence-electron chi connectivity index (χ4n) is 4.71. The first-order valence-corrected chi connectivity index (χ1v) is 10.6. The second-order valence-electron chi connectivity index (χ2n) is 9.07. The fraction of sp³-hybridized carbons (Fsp3) is 1.00. The number of hydrogen-bond donors (Lipinski definition) is 0. The summed E-state index contributed by atoms with van der Waals surface area (Å²) in [6, 6.07) is 0. The molecular formula is C21H39NO3. The Morgan fingerprint density at radius 1 is 1.12 bits per heavy atom. The highest BCUT2D eigenvalue weighted by Gasteiger charge is 2.46. The molecule has 2 unspecified atom stereocenters. The van der Waals surface area contributed by atoms with Gasteiger partial charge in [-0.25, -0.2) is 0 Å². The first kappa shape index (κ1) is 19.6. The van der Waals surface area contributed by atoms with Crippen molar-refractivity contribution in [3.63, 3.8) is 0 Å². The van der Waals surface area contributed by atoms with Crippen LogP contribution in [-0.4, -0.2) is 55.7 Å². The van der Waals surface area contributed by atoms with E-state index in [0.29, 0.717) is 11.5 Å². The highest BCUT2D eigenvalue weighted by molar-refractivity contribution is 4.90. The Morgan fingerprint density at radius 2 is 1.88 bits per heavy atom. The summed E-state index contributed by atoms with van der Waals surface area (Å²) in [5, 5.41) is 0. The summed E-state index contributed by atoms with van der Waals surface area (Å²) >= 11 is 0. The van der Waals surface area contributed by atoms with Crippen molar-refractivity contribution in [3.8, 4) is 0 Å². The zero-order valence-electron chi connectivity index (χ0n) is 16.9. The van der Waals surface area contributed by atoms with E-state index >= 15 is 0 Å². The van der Waals surface area contributed by atoms with Crippen molar-refractivity contribution in [2.24, 2.45) is 11.3 Å². The molecule has 4 heteroatoms. The van der Waals surface area contributed by atoms with Crippen LogP contribution in [0.3, 0.4) is 0 Å². The predicted octanol–water partition coefficient (Wildman–Crippen LogP) is 4.23. The lowest BCUT2D eigenvalue weighted by atomic mass is 9.68. The SMILES string of the molecule is CCC1CN(CCC2COC3(CCC(C(C)(C)CC)CC3)O2)CCO1. The van der Waals surface area contributed by atoms with Gasteiger partial charge < -0.3 is 14.2 Å². The standard InChI is InChI=1S/C21H39NO3/c1-5-18-15-22(13-14-23-18)12-9-19-16-24-21(25-19)10-7-17(8-11-21)20(3,4)6-2/h17-19H,5-16H2,1-4H3. The molecule has 2 aliphatic heterocycles. The third-order valence-electron chi connectivity index (χ3n) is 7.12. The maximum Gasteiger partial charge on any atom is 0.168 e. The molecule has 0 bridgehead atoms. The van der Waals surface area contributed by atoms with E-state index in [1.165, 1.54) is 19.3 Å². The Bertz CT molecular complexity index is 417. The minimum atomic E-state index is -0.262. The molecule has 0 aromatic carbocycles. The van der Waals surface area contributed by atoms with Crippen molar-refractivity contribution in [1.82, 2.24) is 4.90 Å². The Morgan fingerprint density at radius 3 is 2.56 bits per heavy atom. The van der Waals surface area contributed by atoms with Gasteiger partial charge in [0.05, 0.1) is 25.4 Å². The van der Waals surface area contributed by atoms with Crippen LogP contribution >= 0.6 is 0 Å². The molecule has 0 N–H and O–H groups in total. The van der Waals surface area contributed by atoms with Gasteiger partial charge in [0.1, 0.15) is 0 Å². The summed E-state index contributed by atoms with van der Waals surface area (Å²) in [7, 11) is 0. The Hall–Kier alpha value is -0.160. The molecule has 1 spiro atoms. The molecule has 2 heterocycles. The van der Waals surface area contributed by atoms with E-state index in [4.69, 9.17) is 14.2 Å². The molecule has 0 aromatic heterocycles. The summed E-state index contributed by atoms with van der Waals surface area (Å²) in [5.74, 6) is 0.552. The number of ether oxygens (including phenoxy) is 3. The van der Waals surface area contributed by atoms with Crippen molar-refractivity contribution in [3.05, 3.63) is 0 Å². The largest absolute Gasteiger partial charge is 0.376 e. The molecule has 146 valence electrons. The van der Waals surface area contributed by atoms with Gasteiger partial charge in [-0.3, -0.25) is 4.90 Å². The lowest BCUT2D eigenvalue weighted by Gasteiger charge is -2.42. The van der Waals surface area contributed by atoms with Crippen molar-refractivity contribution in [2.45, 2.75) is 90.6 Å². The van der Waals surface area contributed by atoms with E-state index < -0.39 is 0 Å². The molecule has 1 aliphatic carbocycles. The third kappa shape index (κ3) is 4.77. The van der Waals surface area contributed by atoms with Gasteiger partial charge in [-0.05, 0) is 37.0 Å². The van der Waals surface area contributed by atoms with Crippen molar-refractivity contribution >= 4 is 0 Å². The maximum absolute atomic E-state index is 6.45. The molecule has 2 saturated heterocycles. The van der Waals surface area contributed by atoms with Crippen LogP contribution in [0.2, 0.25) is 0 Å². The molecule has 25 heavy (non-hydrogen) atoms. The molecule has 3 aliphatic rings. The maximum atomic E-state index is 6.45. The minimum absolute atomic E-state index is 0.262. The number of hydrogen-bond acceptors (Lipinski definition) is 4. The van der Waals surface area contributed by atoms with Gasteiger partial charge in [-0.2, -0.15) is 0 Å². The van der Waals surface area contributed by atoms with Crippen LogP contribution in [0.25, 0.3) is 0 Å². The molecule has 2 atom stereocenters. The zero-order valence-corrected chi connectivity index (χ0v) is 16.9. The van der Waals surface area contributed by atoms with Crippen molar-refractivity contribution in [2.75, 3.05) is 32.8 Å². The first-order chi connectivity index (χ1) is 12.0. The van der Waals surface area contributed by atoms with Crippen molar-refractivity contribution < 1.29 is 14.2 Å². The van der Waals surface area contributed by atoms with Crippen LogP contribution in [0.15, 0.2) is 0 Å². The Kier molecular flexibility index (Phi) is 6.46. The van der Waals surface area contributed by atoms with Gasteiger partial charge in [-0.1, -0.05) is 34.1 Å². The normalized spacial score (nSPS) is 37.7. The molecule has 0 amide bonds. The summed E-state index contributed by atoms with van der Waals surface area (Å²) < 4.78 is 18.4. The minimum Gasteiger partial charge on any atom is -0.376 e. The second kappa shape index (κ2) is 8.24. The Labute approximate surface area is 154 Å². The van der Waals surface area contributed by atoms with E-state index in [9.17, 15) is 0 Å². The monoisotopic (exact) mass is 353 g/mol. The van der Waals surface area contributed by atoms with E-state index in [1.54, 1.807) is 0 Å². The van der Waals surface area contributed by atoms with Crippen LogP contribution in [0, 0.1) is 11.3 Å². The van der Waals surface area contributed by atoms with Gasteiger partial charge in [0.2, 0.25) is 0 Å². The fourth-order valence-corrected chi connectivity index (χ4v) is 4.71. The van der Waals surface area contributed by atoms with Gasteiger partial charge in [0, 0.05) is 32.5 Å². The molecule has 0 aromatic rings. The van der Waals surface area contributed by atoms with Gasteiger partial charge in [-0.15, -0.1) is 0 Å². The van der Waals surface area contributed by atoms with E-state index in [-0.39, 0.29) is 11.9 Å².